The summed E-state index contributed by atoms with van der Waals surface area (Å²) in [6.07, 6.45) is 4.19. The van der Waals surface area contributed by atoms with Gasteiger partial charge in [0.05, 0.1) is 5.25 Å². The Bertz CT molecular complexity index is 318. The fourth-order valence-electron chi connectivity index (χ4n) is 2.82. The first kappa shape index (κ1) is 15.6. The van der Waals surface area contributed by atoms with Gasteiger partial charge in [-0.1, -0.05) is 27.2 Å². The molecule has 1 amide bonds. The summed E-state index contributed by atoms with van der Waals surface area (Å²) in [7, 11) is -1.15. The van der Waals surface area contributed by atoms with Crippen molar-refractivity contribution < 1.29 is 9.00 Å². The molecule has 0 spiro atoms. The molecule has 0 saturated heterocycles. The van der Waals surface area contributed by atoms with Gasteiger partial charge in [0.25, 0.3) is 0 Å². The number of rotatable bonds is 6. The summed E-state index contributed by atoms with van der Waals surface area (Å²) in [6, 6.07) is 0.214. The van der Waals surface area contributed by atoms with Crippen LogP contribution in [0.2, 0.25) is 0 Å². The Labute approximate surface area is 113 Å². The molecule has 3 atom stereocenters. The van der Waals surface area contributed by atoms with Crippen LogP contribution in [0, 0.1) is 5.41 Å². The number of hydrogen-bond donors (Lipinski definition) is 2. The molecule has 1 aliphatic carbocycles. The lowest BCUT2D eigenvalue weighted by molar-refractivity contribution is -0.115. The van der Waals surface area contributed by atoms with Crippen molar-refractivity contribution in [2.24, 2.45) is 11.1 Å². The standard InChI is InChI=1S/C13H26N2O2S/c1-4-8-15-12-10(18(17)9-11(14)16)6-5-7-13(12,2)3/h10,12,15H,4-9H2,1-3H3,(H2,14,16). The molecule has 0 aromatic carbocycles. The molecule has 0 heterocycles. The number of carbonyl (C=O) groups excluding carboxylic acids is 1. The van der Waals surface area contributed by atoms with Crippen molar-refractivity contribution in [2.75, 3.05) is 12.3 Å². The third kappa shape index (κ3) is 4.05. The van der Waals surface area contributed by atoms with E-state index in [1.54, 1.807) is 0 Å². The van der Waals surface area contributed by atoms with Gasteiger partial charge in [0, 0.05) is 16.8 Å². The average molecular weight is 274 g/mol. The van der Waals surface area contributed by atoms with Crippen molar-refractivity contribution in [3.8, 4) is 0 Å². The molecular formula is C13H26N2O2S. The lowest BCUT2D eigenvalue weighted by Crippen LogP contribution is -2.55. The van der Waals surface area contributed by atoms with Crippen molar-refractivity contribution in [3.05, 3.63) is 0 Å². The van der Waals surface area contributed by atoms with Gasteiger partial charge in [0.1, 0.15) is 5.75 Å². The van der Waals surface area contributed by atoms with Crippen LogP contribution in [0.4, 0.5) is 0 Å². The van der Waals surface area contributed by atoms with E-state index in [0.29, 0.717) is 0 Å². The third-order valence-corrected chi connectivity index (χ3v) is 5.51. The highest BCUT2D eigenvalue weighted by atomic mass is 32.2. The van der Waals surface area contributed by atoms with E-state index in [1.807, 2.05) is 0 Å². The van der Waals surface area contributed by atoms with Gasteiger partial charge in [0.15, 0.2) is 0 Å². The summed E-state index contributed by atoms with van der Waals surface area (Å²) in [4.78, 5) is 10.9. The topological polar surface area (TPSA) is 72.2 Å². The summed E-state index contributed by atoms with van der Waals surface area (Å²) in [6.45, 7) is 7.48. The Morgan fingerprint density at radius 1 is 1.50 bits per heavy atom. The Morgan fingerprint density at radius 2 is 2.17 bits per heavy atom. The summed E-state index contributed by atoms with van der Waals surface area (Å²) in [5.74, 6) is -0.476. The fourth-order valence-corrected chi connectivity index (χ4v) is 4.51. The van der Waals surface area contributed by atoms with E-state index in [-0.39, 0.29) is 22.5 Å². The minimum absolute atomic E-state index is 0.00888. The van der Waals surface area contributed by atoms with Gasteiger partial charge in [0.2, 0.25) is 5.91 Å². The number of hydrogen-bond acceptors (Lipinski definition) is 3. The SMILES string of the molecule is CCCNC1C(S(=O)CC(N)=O)CCCC1(C)C. The molecule has 4 nitrogen and oxygen atoms in total. The molecule has 1 fully saturated rings. The molecule has 0 bridgehead atoms. The second kappa shape index (κ2) is 6.66. The molecule has 3 unspecified atom stereocenters. The van der Waals surface area contributed by atoms with Crippen molar-refractivity contribution in [2.45, 2.75) is 57.7 Å². The van der Waals surface area contributed by atoms with Crippen LogP contribution in [0.5, 0.6) is 0 Å². The van der Waals surface area contributed by atoms with Gasteiger partial charge in [-0.25, -0.2) is 0 Å². The second-order valence-electron chi connectivity index (χ2n) is 5.84. The number of primary amides is 1. The van der Waals surface area contributed by atoms with Crippen molar-refractivity contribution in [1.29, 1.82) is 0 Å². The van der Waals surface area contributed by atoms with Gasteiger partial charge in [-0.05, 0) is 31.2 Å². The third-order valence-electron chi connectivity index (χ3n) is 3.76. The molecule has 0 radical (unpaired) electrons. The normalized spacial score (nSPS) is 28.8. The number of carbonyl (C=O) groups is 1. The van der Waals surface area contributed by atoms with Crippen molar-refractivity contribution in [1.82, 2.24) is 5.32 Å². The Hall–Kier alpha value is -0.420. The van der Waals surface area contributed by atoms with E-state index >= 15 is 0 Å². The highest BCUT2D eigenvalue weighted by Gasteiger charge is 2.41. The smallest absolute Gasteiger partial charge is 0.230 e. The zero-order valence-electron chi connectivity index (χ0n) is 11.7. The van der Waals surface area contributed by atoms with E-state index in [1.165, 1.54) is 0 Å². The maximum atomic E-state index is 12.2. The molecule has 5 heteroatoms. The van der Waals surface area contributed by atoms with Crippen LogP contribution in [-0.2, 0) is 15.6 Å². The van der Waals surface area contributed by atoms with Crippen LogP contribution in [0.3, 0.4) is 0 Å². The first-order valence-corrected chi connectivity index (χ1v) is 8.15. The van der Waals surface area contributed by atoms with Gasteiger partial charge in [-0.2, -0.15) is 0 Å². The monoisotopic (exact) mass is 274 g/mol. The Morgan fingerprint density at radius 3 is 2.72 bits per heavy atom. The molecule has 0 aliphatic heterocycles. The molecule has 3 N–H and O–H groups in total. The summed E-state index contributed by atoms with van der Waals surface area (Å²) >= 11 is 0. The molecule has 1 rings (SSSR count). The van der Waals surface area contributed by atoms with Gasteiger partial charge in [-0.3, -0.25) is 9.00 Å². The minimum Gasteiger partial charge on any atom is -0.369 e. The summed E-state index contributed by atoms with van der Waals surface area (Å²) in [5, 5.41) is 3.57. The molecule has 0 aromatic rings. The van der Waals surface area contributed by atoms with E-state index in [2.05, 4.69) is 26.1 Å². The molecule has 1 aliphatic rings. The zero-order chi connectivity index (χ0) is 13.8. The number of nitrogens with one attached hydrogen (secondary N) is 1. The maximum Gasteiger partial charge on any atom is 0.230 e. The Kier molecular flexibility index (Phi) is 5.79. The van der Waals surface area contributed by atoms with E-state index in [0.717, 1.165) is 32.2 Å². The molecular weight excluding hydrogens is 248 g/mol. The first-order valence-electron chi connectivity index (χ1n) is 6.77. The van der Waals surface area contributed by atoms with Crippen LogP contribution in [0.25, 0.3) is 0 Å². The van der Waals surface area contributed by atoms with Gasteiger partial charge in [-0.15, -0.1) is 0 Å². The van der Waals surface area contributed by atoms with Crippen LogP contribution >= 0.6 is 0 Å². The maximum absolute atomic E-state index is 12.2. The fraction of sp³-hybridized carbons (Fsp3) is 0.923. The molecule has 1 saturated carbocycles. The van der Waals surface area contributed by atoms with E-state index < -0.39 is 16.7 Å². The number of amides is 1. The first-order chi connectivity index (χ1) is 8.38. The van der Waals surface area contributed by atoms with Crippen LogP contribution in [0.1, 0.15) is 46.5 Å². The quantitative estimate of drug-likeness (QED) is 0.763. The van der Waals surface area contributed by atoms with Crippen molar-refractivity contribution >= 4 is 16.7 Å². The van der Waals surface area contributed by atoms with E-state index in [9.17, 15) is 9.00 Å². The van der Waals surface area contributed by atoms with Gasteiger partial charge < -0.3 is 11.1 Å². The lowest BCUT2D eigenvalue weighted by Gasteiger charge is -2.44. The summed E-state index contributed by atoms with van der Waals surface area (Å²) < 4.78 is 12.2. The molecule has 18 heavy (non-hydrogen) atoms. The lowest BCUT2D eigenvalue weighted by atomic mass is 9.73. The largest absolute Gasteiger partial charge is 0.369 e. The van der Waals surface area contributed by atoms with E-state index in [4.69, 9.17) is 5.73 Å². The molecule has 106 valence electrons. The summed E-state index contributed by atoms with van der Waals surface area (Å²) in [5.41, 5.74) is 5.29. The van der Waals surface area contributed by atoms with Gasteiger partial charge >= 0.3 is 0 Å². The highest BCUT2D eigenvalue weighted by molar-refractivity contribution is 7.86. The second-order valence-corrected chi connectivity index (χ2v) is 7.50. The van der Waals surface area contributed by atoms with Crippen LogP contribution in [-0.4, -0.2) is 33.7 Å². The minimum atomic E-state index is -1.15. The predicted octanol–water partition coefficient (Wildman–Crippen LogP) is 1.17. The predicted molar refractivity (Wildman–Crippen MR) is 75.7 cm³/mol. The zero-order valence-corrected chi connectivity index (χ0v) is 12.5. The average Bonchev–Trinajstić information content (AvgIpc) is 2.25. The molecule has 0 aromatic heterocycles. The Balaban J connectivity index is 2.78. The highest BCUT2D eigenvalue weighted by Crippen LogP contribution is 2.37. The number of nitrogens with two attached hydrogens (primary N) is 1. The van der Waals surface area contributed by atoms with Crippen molar-refractivity contribution in [3.63, 3.8) is 0 Å². The van der Waals surface area contributed by atoms with Crippen LogP contribution < -0.4 is 11.1 Å². The van der Waals surface area contributed by atoms with Crippen LogP contribution in [0.15, 0.2) is 0 Å².